The quantitative estimate of drug-likeness (QED) is 0.799. The van der Waals surface area contributed by atoms with Crippen molar-refractivity contribution in [3.63, 3.8) is 0 Å². The maximum Gasteiger partial charge on any atom is 0.0475 e. The fourth-order valence-electron chi connectivity index (χ4n) is 3.30. The Labute approximate surface area is 117 Å². The minimum Gasteiger partial charge on any atom is -0.381 e. The van der Waals surface area contributed by atoms with E-state index in [0.29, 0.717) is 0 Å². The van der Waals surface area contributed by atoms with Crippen molar-refractivity contribution in [2.24, 2.45) is 0 Å². The van der Waals surface area contributed by atoms with Gasteiger partial charge in [0.15, 0.2) is 0 Å². The van der Waals surface area contributed by atoms with Crippen LogP contribution in [0.15, 0.2) is 24.4 Å². The molecule has 1 atom stereocenters. The van der Waals surface area contributed by atoms with Gasteiger partial charge in [-0.1, -0.05) is 38.7 Å². The van der Waals surface area contributed by atoms with E-state index in [0.717, 1.165) is 19.6 Å². The lowest BCUT2D eigenvalue weighted by atomic mass is 9.73. The van der Waals surface area contributed by atoms with Gasteiger partial charge in [-0.2, -0.15) is 0 Å². The summed E-state index contributed by atoms with van der Waals surface area (Å²) in [6.07, 6.45) is 12.0. The van der Waals surface area contributed by atoms with Gasteiger partial charge >= 0.3 is 0 Å². The van der Waals surface area contributed by atoms with E-state index in [1.807, 2.05) is 12.3 Å². The van der Waals surface area contributed by atoms with Gasteiger partial charge < -0.3 is 4.74 Å². The fraction of sp³-hybridized carbons (Fsp3) is 0.706. The molecular weight excluding hydrogens is 234 g/mol. The van der Waals surface area contributed by atoms with Crippen molar-refractivity contribution in [1.29, 1.82) is 0 Å². The van der Waals surface area contributed by atoms with Gasteiger partial charge in [0.05, 0.1) is 0 Å². The first kappa shape index (κ1) is 14.5. The van der Waals surface area contributed by atoms with Gasteiger partial charge in [-0.05, 0) is 37.8 Å². The standard InChI is InChI=1S/C17H27NO/c1-2-10-17(16-9-5-7-13-18-16)11-6-3-4-8-14-19-15-12-17/h5,7,9,13H,2-4,6,8,10-12,14-15H2,1H3. The molecule has 2 nitrogen and oxygen atoms in total. The topological polar surface area (TPSA) is 22.1 Å². The molecule has 106 valence electrons. The Morgan fingerprint density at radius 1 is 1.11 bits per heavy atom. The maximum atomic E-state index is 5.81. The Kier molecular flexibility index (Phi) is 5.84. The fourth-order valence-corrected chi connectivity index (χ4v) is 3.30. The molecule has 0 saturated carbocycles. The first-order valence-electron chi connectivity index (χ1n) is 7.87. The average Bonchev–Trinajstić information content (AvgIpc) is 2.47. The molecule has 0 spiro atoms. The van der Waals surface area contributed by atoms with Crippen LogP contribution in [0.3, 0.4) is 0 Å². The molecule has 1 unspecified atom stereocenters. The van der Waals surface area contributed by atoms with Crippen LogP contribution < -0.4 is 0 Å². The number of hydrogen-bond acceptors (Lipinski definition) is 2. The van der Waals surface area contributed by atoms with Crippen molar-refractivity contribution < 1.29 is 4.74 Å². The Bertz CT molecular complexity index is 340. The number of hydrogen-bond donors (Lipinski definition) is 0. The zero-order valence-electron chi connectivity index (χ0n) is 12.2. The summed E-state index contributed by atoms with van der Waals surface area (Å²) in [5.41, 5.74) is 1.52. The largest absolute Gasteiger partial charge is 0.381 e. The number of ether oxygens (including phenoxy) is 1. The van der Waals surface area contributed by atoms with Crippen LogP contribution >= 0.6 is 0 Å². The SMILES string of the molecule is CCCC1(c2ccccn2)CCCCCCOCC1. The molecule has 1 fully saturated rings. The third-order valence-electron chi connectivity index (χ3n) is 4.36. The molecule has 1 saturated heterocycles. The molecule has 1 aliphatic heterocycles. The Hall–Kier alpha value is -0.890. The highest BCUT2D eigenvalue weighted by molar-refractivity contribution is 5.17. The van der Waals surface area contributed by atoms with Gasteiger partial charge in [0.2, 0.25) is 0 Å². The lowest BCUT2D eigenvalue weighted by Gasteiger charge is -2.34. The van der Waals surface area contributed by atoms with Crippen LogP contribution in [0.5, 0.6) is 0 Å². The number of aromatic nitrogens is 1. The molecule has 0 radical (unpaired) electrons. The van der Waals surface area contributed by atoms with E-state index in [1.54, 1.807) is 0 Å². The van der Waals surface area contributed by atoms with E-state index in [1.165, 1.54) is 50.6 Å². The van der Waals surface area contributed by atoms with Crippen molar-refractivity contribution in [3.8, 4) is 0 Å². The number of nitrogens with zero attached hydrogens (tertiary/aromatic N) is 1. The average molecular weight is 261 g/mol. The second-order valence-electron chi connectivity index (χ2n) is 5.77. The summed E-state index contributed by atoms with van der Waals surface area (Å²) >= 11 is 0. The van der Waals surface area contributed by atoms with Crippen molar-refractivity contribution in [3.05, 3.63) is 30.1 Å². The highest BCUT2D eigenvalue weighted by Crippen LogP contribution is 2.37. The molecule has 0 aromatic carbocycles. The van der Waals surface area contributed by atoms with E-state index in [9.17, 15) is 0 Å². The summed E-state index contributed by atoms with van der Waals surface area (Å²) in [5.74, 6) is 0. The molecule has 0 N–H and O–H groups in total. The summed E-state index contributed by atoms with van der Waals surface area (Å²) in [4.78, 5) is 4.66. The highest BCUT2D eigenvalue weighted by Gasteiger charge is 2.32. The third kappa shape index (κ3) is 4.04. The molecule has 0 bridgehead atoms. The molecule has 19 heavy (non-hydrogen) atoms. The van der Waals surface area contributed by atoms with E-state index in [2.05, 4.69) is 24.0 Å². The summed E-state index contributed by atoms with van der Waals surface area (Å²) in [6, 6.07) is 6.35. The van der Waals surface area contributed by atoms with Gasteiger partial charge in [0.25, 0.3) is 0 Å². The lowest BCUT2D eigenvalue weighted by molar-refractivity contribution is 0.0982. The van der Waals surface area contributed by atoms with Gasteiger partial charge in [0, 0.05) is 30.5 Å². The van der Waals surface area contributed by atoms with E-state index >= 15 is 0 Å². The summed E-state index contributed by atoms with van der Waals surface area (Å²) in [7, 11) is 0. The molecule has 2 heteroatoms. The second kappa shape index (κ2) is 7.64. The highest BCUT2D eigenvalue weighted by atomic mass is 16.5. The molecular formula is C17H27NO. The molecule has 1 aromatic heterocycles. The van der Waals surface area contributed by atoms with Crippen LogP contribution in [-0.2, 0) is 10.2 Å². The molecule has 1 aromatic rings. The first-order chi connectivity index (χ1) is 9.37. The monoisotopic (exact) mass is 261 g/mol. The van der Waals surface area contributed by atoms with Crippen molar-refractivity contribution in [1.82, 2.24) is 4.98 Å². The normalized spacial score (nSPS) is 25.9. The van der Waals surface area contributed by atoms with Gasteiger partial charge in [-0.25, -0.2) is 0 Å². The Balaban J connectivity index is 2.18. The lowest BCUT2D eigenvalue weighted by Crippen LogP contribution is -2.29. The predicted octanol–water partition coefficient (Wildman–Crippen LogP) is 4.49. The van der Waals surface area contributed by atoms with E-state index in [-0.39, 0.29) is 5.41 Å². The Morgan fingerprint density at radius 2 is 2.00 bits per heavy atom. The smallest absolute Gasteiger partial charge is 0.0475 e. The van der Waals surface area contributed by atoms with Gasteiger partial charge in [-0.3, -0.25) is 4.98 Å². The molecule has 0 amide bonds. The second-order valence-corrected chi connectivity index (χ2v) is 5.77. The van der Waals surface area contributed by atoms with Crippen LogP contribution in [-0.4, -0.2) is 18.2 Å². The van der Waals surface area contributed by atoms with Gasteiger partial charge in [0.1, 0.15) is 0 Å². The van der Waals surface area contributed by atoms with Gasteiger partial charge in [-0.15, -0.1) is 0 Å². The summed E-state index contributed by atoms with van der Waals surface area (Å²) in [5, 5.41) is 0. The van der Waals surface area contributed by atoms with E-state index in [4.69, 9.17) is 4.74 Å². The van der Waals surface area contributed by atoms with Crippen molar-refractivity contribution in [2.45, 2.75) is 63.7 Å². The molecule has 2 rings (SSSR count). The minimum atomic E-state index is 0.243. The zero-order valence-corrected chi connectivity index (χ0v) is 12.2. The molecule has 2 heterocycles. The summed E-state index contributed by atoms with van der Waals surface area (Å²) < 4.78 is 5.81. The van der Waals surface area contributed by atoms with Crippen molar-refractivity contribution in [2.75, 3.05) is 13.2 Å². The zero-order chi connectivity index (χ0) is 13.4. The first-order valence-corrected chi connectivity index (χ1v) is 7.87. The number of rotatable bonds is 3. The third-order valence-corrected chi connectivity index (χ3v) is 4.36. The Morgan fingerprint density at radius 3 is 2.79 bits per heavy atom. The van der Waals surface area contributed by atoms with E-state index < -0.39 is 0 Å². The van der Waals surface area contributed by atoms with Crippen LogP contribution in [0, 0.1) is 0 Å². The minimum absolute atomic E-state index is 0.243. The summed E-state index contributed by atoms with van der Waals surface area (Å²) in [6.45, 7) is 4.10. The molecule has 0 aliphatic carbocycles. The predicted molar refractivity (Wildman–Crippen MR) is 79.3 cm³/mol. The number of pyridine rings is 1. The molecule has 1 aliphatic rings. The maximum absolute atomic E-state index is 5.81. The van der Waals surface area contributed by atoms with Crippen LogP contribution in [0.1, 0.15) is 64.0 Å². The van der Waals surface area contributed by atoms with Crippen LogP contribution in [0.4, 0.5) is 0 Å². The van der Waals surface area contributed by atoms with Crippen molar-refractivity contribution >= 4 is 0 Å². The van der Waals surface area contributed by atoms with Crippen LogP contribution in [0.25, 0.3) is 0 Å². The van der Waals surface area contributed by atoms with Crippen LogP contribution in [0.2, 0.25) is 0 Å².